The van der Waals surface area contributed by atoms with Crippen LogP contribution in [-0.2, 0) is 6.42 Å². The molecule has 0 atom stereocenters. The molecule has 0 unspecified atom stereocenters. The molecule has 26 heavy (non-hydrogen) atoms. The highest BCUT2D eigenvalue weighted by Gasteiger charge is 2.07. The minimum atomic E-state index is -0.260. The number of anilines is 1. The number of carbonyl (C=O) groups excluding carboxylic acids is 1. The monoisotopic (exact) mass is 349 g/mol. The summed E-state index contributed by atoms with van der Waals surface area (Å²) in [4.78, 5) is 24.3. The molecule has 2 N–H and O–H groups in total. The molecule has 2 amide bonds. The Hall–Kier alpha value is -3.48. The predicted molar refractivity (Wildman–Crippen MR) is 98.2 cm³/mol. The zero-order chi connectivity index (χ0) is 18.2. The molecule has 0 aliphatic rings. The van der Waals surface area contributed by atoms with E-state index < -0.39 is 0 Å². The van der Waals surface area contributed by atoms with E-state index in [4.69, 9.17) is 4.74 Å². The zero-order valence-corrected chi connectivity index (χ0v) is 14.3. The van der Waals surface area contributed by atoms with Crippen LogP contribution in [-0.4, -0.2) is 27.5 Å². The van der Waals surface area contributed by atoms with Gasteiger partial charge in [-0.2, -0.15) is 0 Å². The first-order valence-corrected chi connectivity index (χ1v) is 8.21. The molecule has 3 rings (SSSR count). The van der Waals surface area contributed by atoms with E-state index in [9.17, 15) is 4.79 Å². The molecule has 132 valence electrons. The van der Waals surface area contributed by atoms with Gasteiger partial charge >= 0.3 is 12.0 Å². The second-order valence-corrected chi connectivity index (χ2v) is 5.56. The Morgan fingerprint density at radius 2 is 1.85 bits per heavy atom. The molecule has 1 aromatic carbocycles. The van der Waals surface area contributed by atoms with Crippen LogP contribution < -0.4 is 15.4 Å². The minimum absolute atomic E-state index is 0.260. The number of nitrogens with zero attached hydrogens (tertiary/aromatic N) is 3. The highest BCUT2D eigenvalue weighted by molar-refractivity contribution is 5.90. The van der Waals surface area contributed by atoms with Crippen molar-refractivity contribution in [2.24, 2.45) is 0 Å². The molecule has 0 fully saturated rings. The molecule has 0 saturated heterocycles. The third-order valence-corrected chi connectivity index (χ3v) is 3.59. The molecule has 7 heteroatoms. The van der Waals surface area contributed by atoms with Crippen molar-refractivity contribution in [2.75, 3.05) is 11.9 Å². The van der Waals surface area contributed by atoms with Crippen molar-refractivity contribution in [3.05, 3.63) is 72.3 Å². The van der Waals surface area contributed by atoms with Gasteiger partial charge in [-0.25, -0.2) is 14.8 Å². The van der Waals surface area contributed by atoms with Crippen LogP contribution in [0.5, 0.6) is 11.8 Å². The SMILES string of the molecule is Cc1cc(Oc2ncccn2)ccc1NC(=O)NCCc1ccccn1. The standard InChI is InChI=1S/C19H19N5O2/c1-14-13-16(26-19-22-10-4-11-23-19)6-7-17(14)24-18(25)21-12-8-15-5-2-3-9-20-15/h2-7,9-11,13H,8,12H2,1H3,(H2,21,24,25). The van der Waals surface area contributed by atoms with Gasteiger partial charge in [-0.05, 0) is 48.9 Å². The molecular weight excluding hydrogens is 330 g/mol. The number of pyridine rings is 1. The molecule has 7 nitrogen and oxygen atoms in total. The fourth-order valence-corrected chi connectivity index (χ4v) is 2.30. The van der Waals surface area contributed by atoms with Crippen LogP contribution in [0.3, 0.4) is 0 Å². The first kappa shape index (κ1) is 17.3. The molecule has 0 spiro atoms. The number of hydrogen-bond donors (Lipinski definition) is 2. The lowest BCUT2D eigenvalue weighted by Crippen LogP contribution is -2.30. The summed E-state index contributed by atoms with van der Waals surface area (Å²) in [5.41, 5.74) is 2.52. The van der Waals surface area contributed by atoms with Gasteiger partial charge < -0.3 is 15.4 Å². The van der Waals surface area contributed by atoms with E-state index in [0.29, 0.717) is 24.4 Å². The van der Waals surface area contributed by atoms with Crippen molar-refractivity contribution in [3.8, 4) is 11.8 Å². The summed E-state index contributed by atoms with van der Waals surface area (Å²) < 4.78 is 5.58. The Morgan fingerprint density at radius 1 is 1.04 bits per heavy atom. The van der Waals surface area contributed by atoms with Crippen LogP contribution in [0.15, 0.2) is 61.1 Å². The number of ether oxygens (including phenoxy) is 1. The molecule has 2 aromatic heterocycles. The Bertz CT molecular complexity index is 856. The summed E-state index contributed by atoms with van der Waals surface area (Å²) in [6.45, 7) is 2.40. The number of amides is 2. The average Bonchev–Trinajstić information content (AvgIpc) is 2.66. The molecule has 0 radical (unpaired) electrons. The Kier molecular flexibility index (Phi) is 5.72. The van der Waals surface area contributed by atoms with Gasteiger partial charge in [0.2, 0.25) is 0 Å². The summed E-state index contributed by atoms with van der Waals surface area (Å²) in [5.74, 6) is 0.606. The maximum atomic E-state index is 12.0. The lowest BCUT2D eigenvalue weighted by molar-refractivity contribution is 0.252. The predicted octanol–water partition coefficient (Wildman–Crippen LogP) is 3.34. The molecule has 0 bridgehead atoms. The summed E-state index contributed by atoms with van der Waals surface area (Å²) >= 11 is 0. The average molecular weight is 349 g/mol. The van der Waals surface area contributed by atoms with Gasteiger partial charge in [0.25, 0.3) is 0 Å². The number of nitrogens with one attached hydrogen (secondary N) is 2. The van der Waals surface area contributed by atoms with Crippen molar-refractivity contribution < 1.29 is 9.53 Å². The van der Waals surface area contributed by atoms with Crippen LogP contribution in [0, 0.1) is 6.92 Å². The van der Waals surface area contributed by atoms with Crippen molar-refractivity contribution in [1.82, 2.24) is 20.3 Å². The molecule has 0 aliphatic heterocycles. The number of rotatable bonds is 6. The topological polar surface area (TPSA) is 89.0 Å². The smallest absolute Gasteiger partial charge is 0.321 e. The van der Waals surface area contributed by atoms with Crippen LogP contribution in [0.25, 0.3) is 0 Å². The van der Waals surface area contributed by atoms with E-state index in [-0.39, 0.29) is 12.0 Å². The number of hydrogen-bond acceptors (Lipinski definition) is 5. The summed E-state index contributed by atoms with van der Waals surface area (Å²) in [6, 6.07) is 12.8. The van der Waals surface area contributed by atoms with Gasteiger partial charge in [0.05, 0.1) is 0 Å². The summed E-state index contributed by atoms with van der Waals surface area (Å²) in [6.07, 6.45) is 5.64. The quantitative estimate of drug-likeness (QED) is 0.712. The molecular formula is C19H19N5O2. The summed E-state index contributed by atoms with van der Waals surface area (Å²) in [5, 5.41) is 5.65. The molecule has 0 saturated carbocycles. The third kappa shape index (κ3) is 5.01. The maximum Gasteiger partial charge on any atom is 0.321 e. The van der Waals surface area contributed by atoms with E-state index in [1.165, 1.54) is 0 Å². The highest BCUT2D eigenvalue weighted by atomic mass is 16.5. The third-order valence-electron chi connectivity index (χ3n) is 3.59. The zero-order valence-electron chi connectivity index (χ0n) is 14.3. The Balaban J connectivity index is 1.52. The van der Waals surface area contributed by atoms with Crippen LogP contribution in [0.1, 0.15) is 11.3 Å². The van der Waals surface area contributed by atoms with E-state index in [1.54, 1.807) is 36.8 Å². The molecule has 2 heterocycles. The van der Waals surface area contributed by atoms with E-state index in [0.717, 1.165) is 11.3 Å². The number of carbonyl (C=O) groups is 1. The fourth-order valence-electron chi connectivity index (χ4n) is 2.30. The number of aromatic nitrogens is 3. The van der Waals surface area contributed by atoms with Crippen LogP contribution in [0.4, 0.5) is 10.5 Å². The molecule has 3 aromatic rings. The molecule has 0 aliphatic carbocycles. The van der Waals surface area contributed by atoms with Gasteiger partial charge in [0, 0.05) is 42.9 Å². The normalized spacial score (nSPS) is 10.2. The second kappa shape index (κ2) is 8.57. The second-order valence-electron chi connectivity index (χ2n) is 5.56. The van der Waals surface area contributed by atoms with Crippen molar-refractivity contribution in [2.45, 2.75) is 13.3 Å². The van der Waals surface area contributed by atoms with E-state index >= 15 is 0 Å². The Labute approximate surface area is 151 Å². The van der Waals surface area contributed by atoms with Crippen molar-refractivity contribution in [1.29, 1.82) is 0 Å². The lowest BCUT2D eigenvalue weighted by atomic mass is 10.2. The number of urea groups is 1. The Morgan fingerprint density at radius 3 is 2.58 bits per heavy atom. The van der Waals surface area contributed by atoms with Gasteiger partial charge in [-0.3, -0.25) is 4.98 Å². The maximum absolute atomic E-state index is 12.0. The summed E-state index contributed by atoms with van der Waals surface area (Å²) in [7, 11) is 0. The van der Waals surface area contributed by atoms with Crippen molar-refractivity contribution in [3.63, 3.8) is 0 Å². The van der Waals surface area contributed by atoms with Gasteiger partial charge in [-0.15, -0.1) is 0 Å². The number of benzene rings is 1. The minimum Gasteiger partial charge on any atom is -0.424 e. The first-order valence-electron chi connectivity index (χ1n) is 8.21. The van der Waals surface area contributed by atoms with Crippen LogP contribution in [0.2, 0.25) is 0 Å². The van der Waals surface area contributed by atoms with Gasteiger partial charge in [-0.1, -0.05) is 6.07 Å². The number of aryl methyl sites for hydroxylation is 1. The first-order chi connectivity index (χ1) is 12.7. The fraction of sp³-hybridized carbons (Fsp3) is 0.158. The van der Waals surface area contributed by atoms with Crippen molar-refractivity contribution >= 4 is 11.7 Å². The highest BCUT2D eigenvalue weighted by Crippen LogP contribution is 2.24. The van der Waals surface area contributed by atoms with E-state index in [2.05, 4.69) is 25.6 Å². The largest absolute Gasteiger partial charge is 0.424 e. The van der Waals surface area contributed by atoms with Gasteiger partial charge in [0.1, 0.15) is 5.75 Å². The van der Waals surface area contributed by atoms with E-state index in [1.807, 2.05) is 31.2 Å². The van der Waals surface area contributed by atoms with Crippen LogP contribution >= 0.6 is 0 Å². The van der Waals surface area contributed by atoms with Gasteiger partial charge in [0.15, 0.2) is 0 Å². The lowest BCUT2D eigenvalue weighted by Gasteiger charge is -2.11.